The van der Waals surface area contributed by atoms with Crippen LogP contribution in [0.25, 0.3) is 11.4 Å². The van der Waals surface area contributed by atoms with Crippen LogP contribution in [-0.2, 0) is 29.1 Å². The first-order valence-corrected chi connectivity index (χ1v) is 9.84. The van der Waals surface area contributed by atoms with Gasteiger partial charge < -0.3 is 14.7 Å². The number of hydrogen-bond donors (Lipinski definition) is 0. The van der Waals surface area contributed by atoms with E-state index in [4.69, 9.17) is 0 Å². The topological polar surface area (TPSA) is 68.9 Å². The van der Waals surface area contributed by atoms with Crippen LogP contribution in [0.4, 0.5) is 0 Å². The van der Waals surface area contributed by atoms with Gasteiger partial charge in [-0.3, -0.25) is 19.6 Å². The third-order valence-corrected chi connectivity index (χ3v) is 5.08. The standard InChI is InChI=1S/C12H13N3O2.C10H8N2.Ru/c16-9-7-8(13-1-2-13)12(17)11(15-5-6-15)10(9)14-3-4-14;1-3-7-11-9(5-1)10-6-2-4-8-12-10;/h7H,1-6H2;1-8H;. The van der Waals surface area contributed by atoms with Gasteiger partial charge in [0, 0.05) is 77.2 Å². The molecule has 0 N–H and O–H groups in total. The molecular formula is C22H21N5O2Ru. The summed E-state index contributed by atoms with van der Waals surface area (Å²) >= 11 is 0. The molecule has 0 spiro atoms. The van der Waals surface area contributed by atoms with E-state index in [0.717, 1.165) is 50.7 Å². The number of pyridine rings is 2. The molecule has 2 aromatic heterocycles. The first-order valence-electron chi connectivity index (χ1n) is 9.84. The molecule has 0 amide bonds. The van der Waals surface area contributed by atoms with E-state index in [9.17, 15) is 9.59 Å². The summed E-state index contributed by atoms with van der Waals surface area (Å²) in [4.78, 5) is 38.8. The van der Waals surface area contributed by atoms with Crippen LogP contribution in [-0.4, -0.2) is 75.5 Å². The zero-order chi connectivity index (χ0) is 19.8. The maximum Gasteiger partial charge on any atom is 0.227 e. The predicted molar refractivity (Wildman–Crippen MR) is 107 cm³/mol. The van der Waals surface area contributed by atoms with Crippen molar-refractivity contribution in [2.45, 2.75) is 0 Å². The van der Waals surface area contributed by atoms with Crippen LogP contribution in [0.5, 0.6) is 0 Å². The van der Waals surface area contributed by atoms with Gasteiger partial charge in [0.1, 0.15) is 11.4 Å². The van der Waals surface area contributed by atoms with Gasteiger partial charge in [0.15, 0.2) is 0 Å². The first-order chi connectivity index (χ1) is 14.2. The molecule has 3 aliphatic heterocycles. The third-order valence-electron chi connectivity index (χ3n) is 5.08. The smallest absolute Gasteiger partial charge is 0.227 e. The van der Waals surface area contributed by atoms with Crippen LogP contribution in [0.3, 0.4) is 0 Å². The van der Waals surface area contributed by atoms with Crippen molar-refractivity contribution in [3.63, 3.8) is 0 Å². The Morgan fingerprint density at radius 1 is 0.667 bits per heavy atom. The average molecular weight is 489 g/mol. The monoisotopic (exact) mass is 489 g/mol. The van der Waals surface area contributed by atoms with E-state index in [1.807, 2.05) is 51.1 Å². The summed E-state index contributed by atoms with van der Waals surface area (Å²) in [6.07, 6.45) is 5.06. The number of nitrogens with zero attached hydrogens (tertiary/aromatic N) is 5. The van der Waals surface area contributed by atoms with E-state index >= 15 is 0 Å². The fourth-order valence-electron chi connectivity index (χ4n) is 3.30. The molecule has 0 unspecified atom stereocenters. The Hall–Kier alpha value is -2.86. The van der Waals surface area contributed by atoms with E-state index < -0.39 is 0 Å². The van der Waals surface area contributed by atoms with Crippen LogP contribution in [0, 0.1) is 0 Å². The Labute approximate surface area is 187 Å². The second kappa shape index (κ2) is 8.48. The Balaban J connectivity index is 0.000000149. The molecule has 3 fully saturated rings. The van der Waals surface area contributed by atoms with E-state index in [0.29, 0.717) is 17.1 Å². The molecule has 30 heavy (non-hydrogen) atoms. The molecule has 0 radical (unpaired) electrons. The van der Waals surface area contributed by atoms with Gasteiger partial charge >= 0.3 is 0 Å². The number of carbonyl (C=O) groups is 2. The number of carbonyl (C=O) groups excluding carboxylic acids is 2. The molecule has 0 bridgehead atoms. The van der Waals surface area contributed by atoms with Crippen LogP contribution in [0.2, 0.25) is 0 Å². The number of allylic oxidation sites excluding steroid dienone is 1. The van der Waals surface area contributed by atoms with Crippen LogP contribution in [0.1, 0.15) is 0 Å². The van der Waals surface area contributed by atoms with Gasteiger partial charge in [-0.25, -0.2) is 0 Å². The Morgan fingerprint density at radius 2 is 1.17 bits per heavy atom. The number of ketones is 2. The van der Waals surface area contributed by atoms with Gasteiger partial charge in [-0.1, -0.05) is 12.1 Å². The van der Waals surface area contributed by atoms with E-state index in [-0.39, 0.29) is 31.0 Å². The minimum Gasteiger partial charge on any atom is -0.365 e. The van der Waals surface area contributed by atoms with Crippen LogP contribution in [0.15, 0.2) is 72.0 Å². The molecular weight excluding hydrogens is 467 g/mol. The van der Waals surface area contributed by atoms with Gasteiger partial charge in [-0.2, -0.15) is 0 Å². The summed E-state index contributed by atoms with van der Waals surface area (Å²) in [6.45, 7) is 5.41. The molecule has 2 aromatic rings. The largest absolute Gasteiger partial charge is 0.365 e. The fraction of sp³-hybridized carbons (Fsp3) is 0.273. The summed E-state index contributed by atoms with van der Waals surface area (Å²) in [7, 11) is 0. The number of aromatic nitrogens is 2. The molecule has 8 heteroatoms. The molecule has 3 saturated heterocycles. The molecule has 5 heterocycles. The molecule has 0 atom stereocenters. The number of Topliss-reactive ketones (excluding diaryl/α,β-unsaturated/α-hetero) is 1. The maximum atomic E-state index is 12.4. The van der Waals surface area contributed by atoms with Gasteiger partial charge in [-0.05, 0) is 24.3 Å². The van der Waals surface area contributed by atoms with Crippen molar-refractivity contribution in [2.75, 3.05) is 39.3 Å². The Bertz CT molecular complexity index is 973. The van der Waals surface area contributed by atoms with Gasteiger partial charge in [0.05, 0.1) is 17.1 Å². The molecule has 154 valence electrons. The van der Waals surface area contributed by atoms with Crippen molar-refractivity contribution in [3.05, 3.63) is 72.0 Å². The second-order valence-electron chi connectivity index (χ2n) is 7.31. The van der Waals surface area contributed by atoms with Crippen molar-refractivity contribution in [2.24, 2.45) is 0 Å². The molecule has 0 aromatic carbocycles. The number of rotatable bonds is 4. The van der Waals surface area contributed by atoms with E-state index in [2.05, 4.69) is 9.97 Å². The first kappa shape index (κ1) is 20.4. The van der Waals surface area contributed by atoms with Gasteiger partial charge in [-0.15, -0.1) is 0 Å². The quantitative estimate of drug-likeness (QED) is 0.365. The summed E-state index contributed by atoms with van der Waals surface area (Å²) in [5.41, 5.74) is 3.72. The summed E-state index contributed by atoms with van der Waals surface area (Å²) in [6, 6.07) is 11.6. The predicted octanol–water partition coefficient (Wildman–Crippen LogP) is 1.32. The minimum atomic E-state index is 0. The zero-order valence-electron chi connectivity index (χ0n) is 16.3. The molecule has 0 saturated carbocycles. The summed E-state index contributed by atoms with van der Waals surface area (Å²) < 4.78 is 0. The normalized spacial score (nSPS) is 18.9. The van der Waals surface area contributed by atoms with Gasteiger partial charge in [0.2, 0.25) is 11.6 Å². The molecule has 4 aliphatic rings. The van der Waals surface area contributed by atoms with Gasteiger partial charge in [0.25, 0.3) is 0 Å². The average Bonchev–Trinajstić information content (AvgIpc) is 3.60. The van der Waals surface area contributed by atoms with Crippen molar-refractivity contribution >= 4 is 11.6 Å². The van der Waals surface area contributed by atoms with E-state index in [1.165, 1.54) is 6.08 Å². The Morgan fingerprint density at radius 3 is 1.60 bits per heavy atom. The van der Waals surface area contributed by atoms with Crippen LogP contribution < -0.4 is 0 Å². The second-order valence-corrected chi connectivity index (χ2v) is 7.31. The SMILES string of the molecule is O=C1C=C(N2CC2)C(=O)C(N2CC2)=C1N1CC1.[Ru].c1ccc(-c2ccccn2)nc1. The van der Waals surface area contributed by atoms with Crippen molar-refractivity contribution in [1.29, 1.82) is 0 Å². The molecule has 6 rings (SSSR count). The molecule has 1 aliphatic carbocycles. The van der Waals surface area contributed by atoms with Crippen LogP contribution >= 0.6 is 0 Å². The minimum absolute atomic E-state index is 0. The maximum absolute atomic E-state index is 12.4. The van der Waals surface area contributed by atoms with Crippen molar-refractivity contribution < 1.29 is 29.1 Å². The Kier molecular flexibility index (Phi) is 5.77. The fourth-order valence-corrected chi connectivity index (χ4v) is 3.30. The van der Waals surface area contributed by atoms with E-state index in [1.54, 1.807) is 12.4 Å². The number of hydrogen-bond acceptors (Lipinski definition) is 7. The van der Waals surface area contributed by atoms with Crippen molar-refractivity contribution in [3.8, 4) is 11.4 Å². The van der Waals surface area contributed by atoms with Crippen molar-refractivity contribution in [1.82, 2.24) is 24.7 Å². The summed E-state index contributed by atoms with van der Waals surface area (Å²) in [5.74, 6) is 0.0485. The zero-order valence-corrected chi connectivity index (χ0v) is 18.1. The summed E-state index contributed by atoms with van der Waals surface area (Å²) in [5, 5.41) is 0. The third kappa shape index (κ3) is 4.34. The molecule has 7 nitrogen and oxygen atoms in total.